The van der Waals surface area contributed by atoms with E-state index in [-0.39, 0.29) is 5.91 Å². The van der Waals surface area contributed by atoms with Crippen molar-refractivity contribution in [3.05, 3.63) is 92.3 Å². The minimum Gasteiger partial charge on any atom is -0.493 e. The molecular formula is C26H23BrN2O3S. The maximum Gasteiger partial charge on any atom is 0.264 e. The summed E-state index contributed by atoms with van der Waals surface area (Å²) in [6.07, 6.45) is 1.82. The van der Waals surface area contributed by atoms with Crippen LogP contribution < -0.4 is 14.8 Å². The zero-order valence-electron chi connectivity index (χ0n) is 18.5. The number of amidine groups is 1. The van der Waals surface area contributed by atoms with Crippen molar-refractivity contribution in [1.29, 1.82) is 0 Å². The third-order valence-corrected chi connectivity index (χ3v) is 6.36. The Labute approximate surface area is 206 Å². The third-order valence-electron chi connectivity index (χ3n) is 4.86. The first-order chi connectivity index (χ1) is 15.9. The molecule has 0 unspecified atom stereocenters. The quantitative estimate of drug-likeness (QED) is 0.373. The van der Waals surface area contributed by atoms with Crippen molar-refractivity contribution in [2.45, 2.75) is 20.5 Å². The Hall–Kier alpha value is -3.03. The van der Waals surface area contributed by atoms with E-state index in [1.54, 1.807) is 7.11 Å². The number of nitrogens with one attached hydrogen (secondary N) is 1. The second kappa shape index (κ2) is 10.3. The molecule has 1 aliphatic rings. The molecule has 1 heterocycles. The molecule has 0 aliphatic carbocycles. The molecule has 1 saturated heterocycles. The van der Waals surface area contributed by atoms with Gasteiger partial charge >= 0.3 is 0 Å². The monoisotopic (exact) mass is 522 g/mol. The van der Waals surface area contributed by atoms with Crippen LogP contribution in [0, 0.1) is 13.8 Å². The van der Waals surface area contributed by atoms with Crippen molar-refractivity contribution in [2.75, 3.05) is 7.11 Å². The second-order valence-corrected chi connectivity index (χ2v) is 9.52. The van der Waals surface area contributed by atoms with E-state index < -0.39 is 0 Å². The van der Waals surface area contributed by atoms with Gasteiger partial charge in [-0.15, -0.1) is 0 Å². The lowest BCUT2D eigenvalue weighted by Gasteiger charge is -2.13. The summed E-state index contributed by atoms with van der Waals surface area (Å²) in [5.41, 5.74) is 4.96. The van der Waals surface area contributed by atoms with Gasteiger partial charge in [-0.3, -0.25) is 4.79 Å². The number of aliphatic imine (C=N–C) groups is 1. The number of methoxy groups -OCH3 is 1. The lowest BCUT2D eigenvalue weighted by atomic mass is 10.1. The minimum absolute atomic E-state index is 0.178. The Kier molecular flexibility index (Phi) is 7.20. The van der Waals surface area contributed by atoms with Gasteiger partial charge in [-0.2, -0.15) is 0 Å². The molecule has 7 heteroatoms. The van der Waals surface area contributed by atoms with E-state index in [1.807, 2.05) is 74.5 Å². The van der Waals surface area contributed by atoms with Gasteiger partial charge in [0.25, 0.3) is 5.91 Å². The summed E-state index contributed by atoms with van der Waals surface area (Å²) >= 11 is 4.90. The molecule has 168 valence electrons. The fourth-order valence-corrected chi connectivity index (χ4v) is 4.87. The van der Waals surface area contributed by atoms with E-state index in [9.17, 15) is 4.79 Å². The highest BCUT2D eigenvalue weighted by atomic mass is 79.9. The van der Waals surface area contributed by atoms with E-state index in [0.717, 1.165) is 32.4 Å². The first kappa shape index (κ1) is 23.1. The first-order valence-electron chi connectivity index (χ1n) is 10.3. The van der Waals surface area contributed by atoms with Gasteiger partial charge in [0.2, 0.25) is 0 Å². The van der Waals surface area contributed by atoms with Crippen LogP contribution in [-0.2, 0) is 11.4 Å². The molecule has 0 spiro atoms. The van der Waals surface area contributed by atoms with E-state index in [2.05, 4.69) is 32.3 Å². The number of hydrogen-bond acceptors (Lipinski definition) is 5. The number of ether oxygens (including phenoxy) is 2. The molecule has 4 rings (SSSR count). The van der Waals surface area contributed by atoms with Gasteiger partial charge in [-0.25, -0.2) is 4.99 Å². The van der Waals surface area contributed by atoms with Gasteiger partial charge < -0.3 is 14.8 Å². The number of aryl methyl sites for hydroxylation is 2. The fourth-order valence-electron chi connectivity index (χ4n) is 3.46. The maximum atomic E-state index is 12.5. The highest BCUT2D eigenvalue weighted by Gasteiger charge is 2.24. The molecule has 1 aliphatic heterocycles. The zero-order valence-corrected chi connectivity index (χ0v) is 20.9. The smallest absolute Gasteiger partial charge is 0.264 e. The molecule has 3 aromatic rings. The number of nitrogens with zero attached hydrogens (tertiary/aromatic N) is 1. The first-order valence-corrected chi connectivity index (χ1v) is 11.9. The molecule has 1 fully saturated rings. The Balaban J connectivity index is 1.55. The fraction of sp³-hybridized carbons (Fsp3) is 0.154. The number of carbonyl (C=O) groups excluding carboxylic acids is 1. The molecule has 0 aromatic heterocycles. The van der Waals surface area contributed by atoms with Crippen LogP contribution in [0.2, 0.25) is 0 Å². The average Bonchev–Trinajstić information content (AvgIpc) is 3.11. The lowest BCUT2D eigenvalue weighted by molar-refractivity contribution is -0.115. The van der Waals surface area contributed by atoms with Crippen LogP contribution >= 0.6 is 27.7 Å². The molecule has 1 amide bonds. The topological polar surface area (TPSA) is 59.9 Å². The molecule has 33 heavy (non-hydrogen) atoms. The van der Waals surface area contributed by atoms with Crippen LogP contribution in [0.4, 0.5) is 5.69 Å². The van der Waals surface area contributed by atoms with Crippen molar-refractivity contribution in [2.24, 2.45) is 4.99 Å². The van der Waals surface area contributed by atoms with Crippen molar-refractivity contribution in [3.63, 3.8) is 0 Å². The highest BCUT2D eigenvalue weighted by Crippen LogP contribution is 2.39. The summed E-state index contributed by atoms with van der Waals surface area (Å²) in [5, 5.41) is 3.40. The SMILES string of the molecule is COc1cc(/C=C2\SC(=Nc3cc(C)cc(C)c3)NC2=O)cc(Br)c1OCc1ccccc1. The van der Waals surface area contributed by atoms with E-state index in [0.29, 0.717) is 28.2 Å². The predicted molar refractivity (Wildman–Crippen MR) is 138 cm³/mol. The van der Waals surface area contributed by atoms with Crippen molar-refractivity contribution >= 4 is 50.5 Å². The Morgan fingerprint density at radius 2 is 1.79 bits per heavy atom. The number of benzene rings is 3. The van der Waals surface area contributed by atoms with Gasteiger partial charge in [0.1, 0.15) is 6.61 Å². The number of hydrogen-bond donors (Lipinski definition) is 1. The van der Waals surface area contributed by atoms with Crippen LogP contribution in [0.5, 0.6) is 11.5 Å². The number of carbonyl (C=O) groups is 1. The molecule has 0 atom stereocenters. The molecule has 3 aromatic carbocycles. The Bertz CT molecular complexity index is 1240. The summed E-state index contributed by atoms with van der Waals surface area (Å²) in [6.45, 7) is 4.48. The third kappa shape index (κ3) is 5.86. The summed E-state index contributed by atoms with van der Waals surface area (Å²) in [4.78, 5) is 17.7. The van der Waals surface area contributed by atoms with Crippen LogP contribution in [0.15, 0.2) is 75.0 Å². The predicted octanol–water partition coefficient (Wildman–Crippen LogP) is 6.55. The molecular weight excluding hydrogens is 500 g/mol. The number of halogens is 1. The highest BCUT2D eigenvalue weighted by molar-refractivity contribution is 9.10. The lowest BCUT2D eigenvalue weighted by Crippen LogP contribution is -2.19. The van der Waals surface area contributed by atoms with E-state index in [1.165, 1.54) is 11.8 Å². The van der Waals surface area contributed by atoms with Gasteiger partial charge in [-0.05, 0) is 94.1 Å². The van der Waals surface area contributed by atoms with Crippen molar-refractivity contribution in [1.82, 2.24) is 5.32 Å². The summed E-state index contributed by atoms with van der Waals surface area (Å²) in [7, 11) is 1.60. The zero-order chi connectivity index (χ0) is 23.4. The average molecular weight is 523 g/mol. The normalized spacial score (nSPS) is 15.7. The molecule has 5 nitrogen and oxygen atoms in total. The number of amides is 1. The Morgan fingerprint density at radius 1 is 1.06 bits per heavy atom. The van der Waals surface area contributed by atoms with Gasteiger partial charge in [-0.1, -0.05) is 36.4 Å². The molecule has 0 radical (unpaired) electrons. The standard InChI is InChI=1S/C26H23BrN2O3S/c1-16-9-17(2)11-20(10-16)28-26-29-25(30)23(33-26)14-19-12-21(27)24(22(13-19)31-3)32-15-18-7-5-4-6-8-18/h4-14H,15H2,1-3H3,(H,28,29,30)/b23-14-. The number of rotatable bonds is 6. The van der Waals surface area contributed by atoms with Crippen LogP contribution in [0.1, 0.15) is 22.3 Å². The van der Waals surface area contributed by atoms with E-state index >= 15 is 0 Å². The van der Waals surface area contributed by atoms with Crippen LogP contribution in [0.3, 0.4) is 0 Å². The molecule has 0 bridgehead atoms. The van der Waals surface area contributed by atoms with Gasteiger partial charge in [0, 0.05) is 0 Å². The Morgan fingerprint density at radius 3 is 2.48 bits per heavy atom. The van der Waals surface area contributed by atoms with Crippen molar-refractivity contribution in [3.8, 4) is 11.5 Å². The van der Waals surface area contributed by atoms with Gasteiger partial charge in [0.05, 0.1) is 22.2 Å². The summed E-state index contributed by atoms with van der Waals surface area (Å²) in [6, 6.07) is 19.8. The van der Waals surface area contributed by atoms with E-state index in [4.69, 9.17) is 9.47 Å². The minimum atomic E-state index is -0.178. The molecule has 0 saturated carbocycles. The van der Waals surface area contributed by atoms with Gasteiger partial charge in [0.15, 0.2) is 16.7 Å². The summed E-state index contributed by atoms with van der Waals surface area (Å²) < 4.78 is 12.3. The number of thioether (sulfide) groups is 1. The summed E-state index contributed by atoms with van der Waals surface area (Å²) in [5.74, 6) is 1.02. The van der Waals surface area contributed by atoms with Crippen LogP contribution in [-0.4, -0.2) is 18.2 Å². The largest absolute Gasteiger partial charge is 0.493 e. The second-order valence-electron chi connectivity index (χ2n) is 7.64. The van der Waals surface area contributed by atoms with Crippen LogP contribution in [0.25, 0.3) is 6.08 Å². The van der Waals surface area contributed by atoms with Crippen molar-refractivity contribution < 1.29 is 14.3 Å². The maximum absolute atomic E-state index is 12.5. The molecule has 1 N–H and O–H groups in total.